The quantitative estimate of drug-likeness (QED) is 0.736. The summed E-state index contributed by atoms with van der Waals surface area (Å²) in [6, 6.07) is 7.86. The lowest BCUT2D eigenvalue weighted by Gasteiger charge is -2.46. The highest BCUT2D eigenvalue weighted by atomic mass is 16.5. The Bertz CT molecular complexity index is 563. The van der Waals surface area contributed by atoms with Crippen molar-refractivity contribution in [2.24, 2.45) is 11.3 Å². The molecule has 0 saturated heterocycles. The Morgan fingerprint density at radius 2 is 2.10 bits per heavy atom. The van der Waals surface area contributed by atoms with E-state index in [9.17, 15) is 9.59 Å². The number of ether oxygens (including phenoxy) is 1. The fourth-order valence-corrected chi connectivity index (χ4v) is 4.13. The van der Waals surface area contributed by atoms with Gasteiger partial charge in [0.25, 0.3) is 0 Å². The van der Waals surface area contributed by atoms with Crippen LogP contribution in [0.15, 0.2) is 24.3 Å². The Labute approximate surface area is 119 Å². The molecule has 1 fully saturated rings. The maximum atomic E-state index is 12.4. The molecule has 0 aromatic heterocycles. The molecule has 2 aliphatic carbocycles. The molecule has 1 aromatic rings. The topological polar surface area (TPSA) is 43.4 Å². The molecule has 2 aliphatic rings. The zero-order valence-corrected chi connectivity index (χ0v) is 12.0. The summed E-state index contributed by atoms with van der Waals surface area (Å²) in [5.74, 6) is 0.381. The van der Waals surface area contributed by atoms with Gasteiger partial charge in [0.1, 0.15) is 0 Å². The summed E-state index contributed by atoms with van der Waals surface area (Å²) in [5.41, 5.74) is 1.45. The van der Waals surface area contributed by atoms with Crippen LogP contribution < -0.4 is 0 Å². The number of ketones is 1. The highest BCUT2D eigenvalue weighted by Gasteiger charge is 2.51. The lowest BCUT2D eigenvalue weighted by molar-refractivity contribution is -0.158. The van der Waals surface area contributed by atoms with Gasteiger partial charge in [0.15, 0.2) is 5.78 Å². The minimum absolute atomic E-state index is 0.0751. The van der Waals surface area contributed by atoms with Crippen molar-refractivity contribution in [1.29, 1.82) is 0 Å². The van der Waals surface area contributed by atoms with Crippen molar-refractivity contribution in [3.8, 4) is 0 Å². The third-order valence-corrected chi connectivity index (χ3v) is 5.23. The molecule has 0 bridgehead atoms. The molecule has 0 aliphatic heterocycles. The number of hydrogen-bond acceptors (Lipinski definition) is 3. The van der Waals surface area contributed by atoms with Gasteiger partial charge in [0.05, 0.1) is 12.5 Å². The molecular formula is C17H20O3. The fraction of sp³-hybridized carbons (Fsp3) is 0.529. The maximum absolute atomic E-state index is 12.4. The Hall–Kier alpha value is -1.64. The van der Waals surface area contributed by atoms with E-state index in [1.54, 1.807) is 0 Å². The molecule has 20 heavy (non-hydrogen) atoms. The van der Waals surface area contributed by atoms with Crippen LogP contribution in [0.25, 0.3) is 0 Å². The first kappa shape index (κ1) is 13.3. The number of fused-ring (bicyclic) bond motifs is 3. The average Bonchev–Trinajstić information content (AvgIpc) is 2.48. The van der Waals surface area contributed by atoms with Gasteiger partial charge in [-0.05, 0) is 37.2 Å². The molecule has 0 amide bonds. The van der Waals surface area contributed by atoms with Crippen LogP contribution in [0.3, 0.4) is 0 Å². The molecule has 0 heterocycles. The van der Waals surface area contributed by atoms with Crippen molar-refractivity contribution >= 4 is 11.8 Å². The number of hydrogen-bond donors (Lipinski definition) is 0. The number of Topliss-reactive ketones (excluding diaryl/α,β-unsaturated/α-hetero) is 1. The van der Waals surface area contributed by atoms with Crippen molar-refractivity contribution in [2.45, 2.75) is 38.5 Å². The van der Waals surface area contributed by atoms with Gasteiger partial charge >= 0.3 is 5.97 Å². The largest absolute Gasteiger partial charge is 0.469 e. The normalized spacial score (nSPS) is 32.2. The van der Waals surface area contributed by atoms with Crippen molar-refractivity contribution in [3.05, 3.63) is 35.4 Å². The monoisotopic (exact) mass is 272 g/mol. The molecule has 1 saturated carbocycles. The first-order valence-corrected chi connectivity index (χ1v) is 7.28. The molecule has 1 aromatic carbocycles. The summed E-state index contributed by atoms with van der Waals surface area (Å²) in [4.78, 5) is 24.6. The first-order valence-electron chi connectivity index (χ1n) is 7.28. The summed E-state index contributed by atoms with van der Waals surface area (Å²) < 4.78 is 5.01. The fourth-order valence-electron chi connectivity index (χ4n) is 4.13. The van der Waals surface area contributed by atoms with Crippen molar-refractivity contribution in [2.75, 3.05) is 7.11 Å². The summed E-state index contributed by atoms with van der Waals surface area (Å²) >= 11 is 0. The average molecular weight is 272 g/mol. The van der Waals surface area contributed by atoms with Crippen LogP contribution in [-0.4, -0.2) is 18.9 Å². The Kier molecular flexibility index (Phi) is 3.15. The van der Waals surface area contributed by atoms with E-state index in [2.05, 4.69) is 0 Å². The van der Waals surface area contributed by atoms with Crippen LogP contribution in [0.4, 0.5) is 0 Å². The van der Waals surface area contributed by atoms with E-state index in [1.165, 1.54) is 7.11 Å². The highest BCUT2D eigenvalue weighted by Crippen LogP contribution is 2.53. The zero-order valence-electron chi connectivity index (χ0n) is 12.0. The summed E-state index contributed by atoms with van der Waals surface area (Å²) in [7, 11) is 1.44. The molecule has 3 nitrogen and oxygen atoms in total. The van der Waals surface area contributed by atoms with Crippen molar-refractivity contribution in [3.63, 3.8) is 0 Å². The van der Waals surface area contributed by atoms with Crippen LogP contribution in [0.5, 0.6) is 0 Å². The van der Waals surface area contributed by atoms with Crippen molar-refractivity contribution < 1.29 is 14.3 Å². The molecule has 0 spiro atoms. The maximum Gasteiger partial charge on any atom is 0.311 e. The van der Waals surface area contributed by atoms with Crippen molar-refractivity contribution in [1.82, 2.24) is 0 Å². The van der Waals surface area contributed by atoms with E-state index in [1.807, 2.05) is 31.2 Å². The zero-order chi connectivity index (χ0) is 14.3. The lowest BCUT2D eigenvalue weighted by atomic mass is 9.56. The molecule has 3 heteroatoms. The Morgan fingerprint density at radius 3 is 2.85 bits per heavy atom. The SMILES string of the molecule is COC(=O)C1(C)CCCC2c3ccccc3C(=O)C[C@H]21. The van der Waals surface area contributed by atoms with E-state index in [4.69, 9.17) is 4.74 Å². The smallest absolute Gasteiger partial charge is 0.311 e. The first-order chi connectivity index (χ1) is 9.58. The molecule has 3 atom stereocenters. The van der Waals surface area contributed by atoms with Gasteiger partial charge in [-0.3, -0.25) is 9.59 Å². The molecule has 3 rings (SSSR count). The minimum Gasteiger partial charge on any atom is -0.469 e. The van der Waals surface area contributed by atoms with E-state index < -0.39 is 5.41 Å². The van der Waals surface area contributed by atoms with Gasteiger partial charge in [0.2, 0.25) is 0 Å². The van der Waals surface area contributed by atoms with Gasteiger partial charge < -0.3 is 4.74 Å². The van der Waals surface area contributed by atoms with Gasteiger partial charge in [-0.15, -0.1) is 0 Å². The minimum atomic E-state index is -0.527. The van der Waals surface area contributed by atoms with Gasteiger partial charge in [0, 0.05) is 12.0 Å². The number of esters is 1. The standard InChI is InChI=1S/C17H20O3/c1-17(16(19)20-2)9-5-8-12-11-6-3-4-7-13(11)15(18)10-14(12)17/h3-4,6-7,12,14H,5,8-10H2,1-2H3/t12?,14-,17?/m1/s1. The van der Waals surface area contributed by atoms with E-state index >= 15 is 0 Å². The summed E-state index contributed by atoms with van der Waals surface area (Å²) in [6.45, 7) is 1.97. The van der Waals surface area contributed by atoms with E-state index in [0.717, 1.165) is 30.4 Å². The van der Waals surface area contributed by atoms with E-state index in [0.29, 0.717) is 12.3 Å². The summed E-state index contributed by atoms with van der Waals surface area (Å²) in [6.07, 6.45) is 3.35. The highest BCUT2D eigenvalue weighted by molar-refractivity contribution is 5.99. The Morgan fingerprint density at radius 1 is 1.35 bits per heavy atom. The third-order valence-electron chi connectivity index (χ3n) is 5.23. The number of benzene rings is 1. The second-order valence-corrected chi connectivity index (χ2v) is 6.23. The predicted molar refractivity (Wildman–Crippen MR) is 75.6 cm³/mol. The van der Waals surface area contributed by atoms with Crippen LogP contribution >= 0.6 is 0 Å². The molecule has 0 N–H and O–H groups in total. The molecule has 2 unspecified atom stereocenters. The Balaban J connectivity index is 2.06. The lowest BCUT2D eigenvalue weighted by Crippen LogP contribution is -2.45. The van der Waals surface area contributed by atoms with Gasteiger partial charge in [-0.1, -0.05) is 30.7 Å². The number of methoxy groups -OCH3 is 1. The molecular weight excluding hydrogens is 252 g/mol. The predicted octanol–water partition coefficient (Wildman–Crippen LogP) is 3.34. The van der Waals surface area contributed by atoms with Crippen LogP contribution in [0.2, 0.25) is 0 Å². The summed E-state index contributed by atoms with van der Waals surface area (Å²) in [5, 5.41) is 0. The number of carbonyl (C=O) groups excluding carboxylic acids is 2. The second kappa shape index (κ2) is 4.72. The second-order valence-electron chi connectivity index (χ2n) is 6.23. The van der Waals surface area contributed by atoms with Gasteiger partial charge in [-0.25, -0.2) is 0 Å². The third kappa shape index (κ3) is 1.80. The van der Waals surface area contributed by atoms with Crippen LogP contribution in [0, 0.1) is 11.3 Å². The number of carbonyl (C=O) groups is 2. The van der Waals surface area contributed by atoms with E-state index in [-0.39, 0.29) is 17.7 Å². The molecule has 106 valence electrons. The number of rotatable bonds is 1. The van der Waals surface area contributed by atoms with Gasteiger partial charge in [-0.2, -0.15) is 0 Å². The van der Waals surface area contributed by atoms with Crippen LogP contribution in [0.1, 0.15) is 54.4 Å². The molecule has 0 radical (unpaired) electrons. The van der Waals surface area contributed by atoms with Crippen LogP contribution in [-0.2, 0) is 9.53 Å².